The van der Waals surface area contributed by atoms with E-state index in [0.717, 1.165) is 16.9 Å². The molecule has 2 aromatic heterocycles. The second-order valence-corrected chi connectivity index (χ2v) is 6.43. The first-order valence-electron chi connectivity index (χ1n) is 9.02. The Balaban J connectivity index is 1.88. The van der Waals surface area contributed by atoms with E-state index in [2.05, 4.69) is 26.0 Å². The van der Waals surface area contributed by atoms with Crippen LogP contribution in [-0.4, -0.2) is 47.8 Å². The molecule has 3 aromatic rings. The average Bonchev–Trinajstić information content (AvgIpc) is 3.13. The van der Waals surface area contributed by atoms with Gasteiger partial charge in [-0.3, -0.25) is 4.79 Å². The van der Waals surface area contributed by atoms with Crippen LogP contribution in [0.1, 0.15) is 29.1 Å². The largest absolute Gasteiger partial charge is 0.495 e. The fourth-order valence-electron chi connectivity index (χ4n) is 3.17. The van der Waals surface area contributed by atoms with Crippen molar-refractivity contribution >= 4 is 28.7 Å². The van der Waals surface area contributed by atoms with Crippen molar-refractivity contribution in [1.82, 2.24) is 19.9 Å². The molecule has 1 aliphatic heterocycles. The molecule has 28 heavy (non-hydrogen) atoms. The molecule has 1 aliphatic rings. The number of amides is 1. The van der Waals surface area contributed by atoms with Crippen LogP contribution in [0.3, 0.4) is 0 Å². The first-order chi connectivity index (χ1) is 13.6. The van der Waals surface area contributed by atoms with Crippen molar-refractivity contribution in [1.29, 1.82) is 0 Å². The Hall–Kier alpha value is -3.33. The molecule has 0 spiro atoms. The molecule has 4 bridgehead atoms. The highest BCUT2D eigenvalue weighted by molar-refractivity contribution is 5.94. The lowest BCUT2D eigenvalue weighted by Crippen LogP contribution is -2.29. The Kier molecular flexibility index (Phi) is 4.74. The van der Waals surface area contributed by atoms with Gasteiger partial charge in [0.05, 0.1) is 37.4 Å². The summed E-state index contributed by atoms with van der Waals surface area (Å²) in [6.07, 6.45) is 1.37. The van der Waals surface area contributed by atoms with E-state index in [-0.39, 0.29) is 12.0 Å². The fourth-order valence-corrected chi connectivity index (χ4v) is 3.17. The Bertz CT molecular complexity index is 1030. The van der Waals surface area contributed by atoms with Crippen LogP contribution < -0.4 is 20.7 Å². The number of aromatic nitrogens is 3. The van der Waals surface area contributed by atoms with E-state index in [9.17, 15) is 4.79 Å². The summed E-state index contributed by atoms with van der Waals surface area (Å²) in [7, 11) is 3.42. The van der Waals surface area contributed by atoms with Crippen LogP contribution >= 0.6 is 0 Å². The average molecular weight is 382 g/mol. The smallest absolute Gasteiger partial charge is 0.271 e. The Labute approximate surface area is 162 Å². The highest BCUT2D eigenvalue weighted by atomic mass is 16.5. The van der Waals surface area contributed by atoms with Gasteiger partial charge in [0, 0.05) is 19.7 Å². The first-order valence-corrected chi connectivity index (χ1v) is 9.02. The van der Waals surface area contributed by atoms with E-state index in [0.29, 0.717) is 36.1 Å². The van der Waals surface area contributed by atoms with E-state index >= 15 is 0 Å². The number of hydrogen-bond acceptors (Lipinski definition) is 7. The molecule has 9 nitrogen and oxygen atoms in total. The number of nitrogens with one attached hydrogen (secondary N) is 3. The topological polar surface area (TPSA) is 102 Å². The fraction of sp³-hybridized carbons (Fsp3) is 0.316. The van der Waals surface area contributed by atoms with E-state index < -0.39 is 0 Å². The standard InChI is InChI=1S/C19H22N6O3/c1-11-12-4-5-16(27-3)13(8-12)23-17-9-14(20-2)18-22-10-15(25(18)24-17)19(26)21-6-7-28-11/h4-5,8-11,20H,6-7H2,1-3H3,(H,21,26)(H,23,24). The molecule has 0 saturated heterocycles. The van der Waals surface area contributed by atoms with Gasteiger partial charge in [0.15, 0.2) is 17.2 Å². The quantitative estimate of drug-likeness (QED) is 0.625. The van der Waals surface area contributed by atoms with Crippen molar-refractivity contribution in [3.05, 3.63) is 41.7 Å². The van der Waals surface area contributed by atoms with Gasteiger partial charge < -0.3 is 25.4 Å². The summed E-state index contributed by atoms with van der Waals surface area (Å²) in [5, 5.41) is 13.8. The van der Waals surface area contributed by atoms with Crippen LogP contribution in [0.25, 0.3) is 5.65 Å². The molecule has 0 fully saturated rings. The maximum absolute atomic E-state index is 12.6. The number of hydrogen-bond donors (Lipinski definition) is 3. The van der Waals surface area contributed by atoms with Crippen LogP contribution in [0.15, 0.2) is 30.5 Å². The van der Waals surface area contributed by atoms with Gasteiger partial charge in [-0.1, -0.05) is 6.07 Å². The van der Waals surface area contributed by atoms with Gasteiger partial charge in [-0.15, -0.1) is 5.10 Å². The van der Waals surface area contributed by atoms with Crippen LogP contribution in [0.5, 0.6) is 5.75 Å². The molecule has 1 atom stereocenters. The first kappa shape index (κ1) is 18.1. The number of fused-ring (bicyclic) bond motifs is 3. The van der Waals surface area contributed by atoms with Gasteiger partial charge in [0.1, 0.15) is 5.75 Å². The maximum Gasteiger partial charge on any atom is 0.271 e. The van der Waals surface area contributed by atoms with E-state index in [1.807, 2.05) is 31.2 Å². The molecule has 1 aromatic carbocycles. The van der Waals surface area contributed by atoms with Gasteiger partial charge >= 0.3 is 0 Å². The van der Waals surface area contributed by atoms with E-state index in [1.54, 1.807) is 14.2 Å². The van der Waals surface area contributed by atoms with Crippen molar-refractivity contribution in [3.8, 4) is 5.75 Å². The van der Waals surface area contributed by atoms with Gasteiger partial charge in [-0.25, -0.2) is 9.50 Å². The zero-order chi connectivity index (χ0) is 19.7. The molecule has 146 valence electrons. The molecule has 3 heterocycles. The monoisotopic (exact) mass is 382 g/mol. The van der Waals surface area contributed by atoms with Crippen molar-refractivity contribution in [3.63, 3.8) is 0 Å². The minimum atomic E-state index is -0.261. The number of rotatable bonds is 2. The van der Waals surface area contributed by atoms with Crippen molar-refractivity contribution in [2.24, 2.45) is 0 Å². The van der Waals surface area contributed by atoms with Crippen LogP contribution in [-0.2, 0) is 4.74 Å². The zero-order valence-electron chi connectivity index (χ0n) is 15.9. The minimum absolute atomic E-state index is 0.139. The van der Waals surface area contributed by atoms with Crippen molar-refractivity contribution < 1.29 is 14.3 Å². The summed E-state index contributed by atoms with van der Waals surface area (Å²) in [5.41, 5.74) is 3.41. The van der Waals surface area contributed by atoms with Gasteiger partial charge in [-0.05, 0) is 24.6 Å². The third-order valence-corrected chi connectivity index (χ3v) is 4.68. The molecular weight excluding hydrogens is 360 g/mol. The lowest BCUT2D eigenvalue weighted by atomic mass is 10.1. The molecule has 9 heteroatoms. The summed E-state index contributed by atoms with van der Waals surface area (Å²) in [6.45, 7) is 2.74. The Morgan fingerprint density at radius 2 is 2.21 bits per heavy atom. The molecular formula is C19H22N6O3. The number of anilines is 3. The number of nitrogens with zero attached hydrogens (tertiary/aromatic N) is 3. The van der Waals surface area contributed by atoms with E-state index in [4.69, 9.17) is 9.47 Å². The maximum atomic E-state index is 12.6. The van der Waals surface area contributed by atoms with Crippen molar-refractivity contribution in [2.45, 2.75) is 13.0 Å². The van der Waals surface area contributed by atoms with Crippen LogP contribution in [0, 0.1) is 0 Å². The van der Waals surface area contributed by atoms with Gasteiger partial charge in [0.25, 0.3) is 5.91 Å². The summed E-state index contributed by atoms with van der Waals surface area (Å²) >= 11 is 0. The predicted molar refractivity (Wildman–Crippen MR) is 106 cm³/mol. The van der Waals surface area contributed by atoms with Crippen LogP contribution in [0.2, 0.25) is 0 Å². The second kappa shape index (κ2) is 7.35. The van der Waals surface area contributed by atoms with Crippen molar-refractivity contribution in [2.75, 3.05) is 37.9 Å². The van der Waals surface area contributed by atoms with Gasteiger partial charge in [0.2, 0.25) is 0 Å². The summed E-state index contributed by atoms with van der Waals surface area (Å²) in [6, 6.07) is 7.67. The predicted octanol–water partition coefficient (Wildman–Crippen LogP) is 2.34. The van der Waals surface area contributed by atoms with E-state index in [1.165, 1.54) is 10.7 Å². The molecule has 3 N–H and O–H groups in total. The SMILES string of the molecule is CNc1cc2nn3c(cnc13)C(=O)NCCOC(C)c1ccc(OC)c(c1)N2. The molecule has 4 rings (SSSR count). The summed E-state index contributed by atoms with van der Waals surface area (Å²) in [4.78, 5) is 16.9. The molecule has 1 amide bonds. The third-order valence-electron chi connectivity index (χ3n) is 4.68. The number of imidazole rings is 1. The molecule has 0 radical (unpaired) electrons. The van der Waals surface area contributed by atoms with Gasteiger partial charge in [-0.2, -0.15) is 0 Å². The molecule has 0 saturated carbocycles. The zero-order valence-corrected chi connectivity index (χ0v) is 15.9. The number of methoxy groups -OCH3 is 1. The lowest BCUT2D eigenvalue weighted by molar-refractivity contribution is 0.0644. The summed E-state index contributed by atoms with van der Waals surface area (Å²) in [5.74, 6) is 0.966. The number of ether oxygens (including phenoxy) is 2. The molecule has 0 aliphatic carbocycles. The Morgan fingerprint density at radius 1 is 1.36 bits per heavy atom. The highest BCUT2D eigenvalue weighted by Gasteiger charge is 2.18. The highest BCUT2D eigenvalue weighted by Crippen LogP contribution is 2.32. The van der Waals surface area contributed by atoms with Crippen LogP contribution in [0.4, 0.5) is 17.2 Å². The lowest BCUT2D eigenvalue weighted by Gasteiger charge is -2.18. The normalized spacial score (nSPS) is 17.0. The second-order valence-electron chi connectivity index (χ2n) is 6.43. The molecule has 1 unspecified atom stereocenters. The number of carbonyl (C=O) groups excluding carboxylic acids is 1. The minimum Gasteiger partial charge on any atom is -0.495 e. The number of benzene rings is 1. The number of carbonyl (C=O) groups is 1. The third kappa shape index (κ3) is 3.20. The summed E-state index contributed by atoms with van der Waals surface area (Å²) < 4.78 is 12.9. The Morgan fingerprint density at radius 3 is 3.00 bits per heavy atom.